The zero-order chi connectivity index (χ0) is 11.3. The number of hydrogen-bond acceptors (Lipinski definition) is 2. The Bertz CT molecular complexity index is 283. The molecule has 84 valence electrons. The summed E-state index contributed by atoms with van der Waals surface area (Å²) in [5.74, 6) is 0. The second kappa shape index (κ2) is 5.76. The van der Waals surface area contributed by atoms with Crippen molar-refractivity contribution in [2.24, 2.45) is 0 Å². The molecule has 2 nitrogen and oxygen atoms in total. The van der Waals surface area contributed by atoms with Crippen LogP contribution in [0.2, 0.25) is 0 Å². The highest BCUT2D eigenvalue weighted by Crippen LogP contribution is 2.18. The molecule has 0 atom stereocenters. The van der Waals surface area contributed by atoms with Gasteiger partial charge in [-0.1, -0.05) is 13.0 Å². The van der Waals surface area contributed by atoms with Gasteiger partial charge in [-0.3, -0.25) is 0 Å². The van der Waals surface area contributed by atoms with Crippen LogP contribution in [0.5, 0.6) is 0 Å². The fourth-order valence-corrected chi connectivity index (χ4v) is 1.89. The van der Waals surface area contributed by atoms with E-state index in [0.717, 1.165) is 19.5 Å². The van der Waals surface area contributed by atoms with Crippen molar-refractivity contribution in [1.82, 2.24) is 0 Å². The van der Waals surface area contributed by atoms with Crippen LogP contribution >= 0.6 is 0 Å². The number of aryl methyl sites for hydroxylation is 2. The predicted molar refractivity (Wildman–Crippen MR) is 65.5 cm³/mol. The van der Waals surface area contributed by atoms with Crippen LogP contribution in [0.25, 0.3) is 0 Å². The molecule has 15 heavy (non-hydrogen) atoms. The number of rotatable bonds is 5. The van der Waals surface area contributed by atoms with Crippen LogP contribution in [0, 0.1) is 13.8 Å². The number of nitrogens with zero attached hydrogens (tertiary/aromatic N) is 1. The number of benzene rings is 1. The third-order valence-corrected chi connectivity index (χ3v) is 2.44. The van der Waals surface area contributed by atoms with Crippen LogP contribution in [0.3, 0.4) is 0 Å². The first-order valence-electron chi connectivity index (χ1n) is 5.61. The molecular weight excluding hydrogens is 186 g/mol. The quantitative estimate of drug-likeness (QED) is 0.802. The van der Waals surface area contributed by atoms with Gasteiger partial charge in [-0.05, 0) is 43.5 Å². The molecule has 1 aromatic carbocycles. The lowest BCUT2D eigenvalue weighted by molar-refractivity contribution is 0.302. The molecule has 0 fully saturated rings. The summed E-state index contributed by atoms with van der Waals surface area (Å²) < 4.78 is 0. The molecule has 0 spiro atoms. The fourth-order valence-electron chi connectivity index (χ4n) is 1.89. The molecule has 1 rings (SSSR count). The highest BCUT2D eigenvalue weighted by molar-refractivity contribution is 5.50. The van der Waals surface area contributed by atoms with Gasteiger partial charge in [0.2, 0.25) is 0 Å². The van der Waals surface area contributed by atoms with Crippen molar-refractivity contribution in [3.05, 3.63) is 29.3 Å². The minimum atomic E-state index is 0.215. The van der Waals surface area contributed by atoms with Crippen molar-refractivity contribution in [2.75, 3.05) is 24.6 Å². The van der Waals surface area contributed by atoms with Crippen LogP contribution in [0.4, 0.5) is 5.69 Å². The Balaban J connectivity index is 2.88. The molecule has 0 aliphatic heterocycles. The maximum atomic E-state index is 9.02. The molecule has 0 saturated heterocycles. The maximum Gasteiger partial charge on any atom is 0.0606 e. The van der Waals surface area contributed by atoms with E-state index >= 15 is 0 Å². The Morgan fingerprint density at radius 1 is 1.07 bits per heavy atom. The highest BCUT2D eigenvalue weighted by atomic mass is 16.3. The van der Waals surface area contributed by atoms with Gasteiger partial charge < -0.3 is 10.0 Å². The van der Waals surface area contributed by atoms with Crippen molar-refractivity contribution in [1.29, 1.82) is 0 Å². The van der Waals surface area contributed by atoms with E-state index in [1.54, 1.807) is 0 Å². The third-order valence-electron chi connectivity index (χ3n) is 2.44. The van der Waals surface area contributed by atoms with E-state index in [1.807, 2.05) is 0 Å². The predicted octanol–water partition coefficient (Wildman–Crippen LogP) is 2.51. The van der Waals surface area contributed by atoms with Gasteiger partial charge in [-0.25, -0.2) is 0 Å². The minimum Gasteiger partial charge on any atom is -0.395 e. The Morgan fingerprint density at radius 3 is 2.13 bits per heavy atom. The number of aliphatic hydroxyl groups is 1. The Labute approximate surface area is 92.5 Å². The highest BCUT2D eigenvalue weighted by Gasteiger charge is 2.05. The summed E-state index contributed by atoms with van der Waals surface area (Å²) in [6.45, 7) is 8.32. The van der Waals surface area contributed by atoms with Gasteiger partial charge in [0, 0.05) is 18.8 Å². The van der Waals surface area contributed by atoms with E-state index < -0.39 is 0 Å². The SMILES string of the molecule is CCCN(CCO)c1cc(C)cc(C)c1. The summed E-state index contributed by atoms with van der Waals surface area (Å²) in [6.07, 6.45) is 1.10. The van der Waals surface area contributed by atoms with Gasteiger partial charge in [-0.15, -0.1) is 0 Å². The Hall–Kier alpha value is -1.02. The van der Waals surface area contributed by atoms with Crippen LogP contribution in [0.15, 0.2) is 18.2 Å². The van der Waals surface area contributed by atoms with Crippen LogP contribution in [0.1, 0.15) is 24.5 Å². The summed E-state index contributed by atoms with van der Waals surface area (Å²) >= 11 is 0. The van der Waals surface area contributed by atoms with Crippen molar-refractivity contribution in [2.45, 2.75) is 27.2 Å². The minimum absolute atomic E-state index is 0.215. The van der Waals surface area contributed by atoms with Gasteiger partial charge in [-0.2, -0.15) is 0 Å². The lowest BCUT2D eigenvalue weighted by Crippen LogP contribution is -2.27. The molecule has 0 heterocycles. The summed E-state index contributed by atoms with van der Waals surface area (Å²) in [5, 5.41) is 9.02. The second-order valence-corrected chi connectivity index (χ2v) is 4.06. The fraction of sp³-hybridized carbons (Fsp3) is 0.538. The normalized spacial score (nSPS) is 10.4. The van der Waals surface area contributed by atoms with E-state index in [4.69, 9.17) is 5.11 Å². The molecule has 0 aliphatic carbocycles. The lowest BCUT2D eigenvalue weighted by atomic mass is 10.1. The summed E-state index contributed by atoms with van der Waals surface area (Å²) in [7, 11) is 0. The second-order valence-electron chi connectivity index (χ2n) is 4.06. The van der Waals surface area contributed by atoms with Crippen molar-refractivity contribution in [3.63, 3.8) is 0 Å². The number of aliphatic hydroxyl groups excluding tert-OH is 1. The molecule has 0 amide bonds. The standard InChI is InChI=1S/C13H21NO/c1-4-5-14(6-7-15)13-9-11(2)8-12(3)10-13/h8-10,15H,4-7H2,1-3H3. The first-order chi connectivity index (χ1) is 7.17. The monoisotopic (exact) mass is 207 g/mol. The maximum absolute atomic E-state index is 9.02. The molecule has 1 aromatic rings. The molecule has 0 aliphatic rings. The molecule has 1 N–H and O–H groups in total. The van der Waals surface area contributed by atoms with Crippen LogP contribution < -0.4 is 4.90 Å². The number of anilines is 1. The first-order valence-corrected chi connectivity index (χ1v) is 5.61. The van der Waals surface area contributed by atoms with E-state index in [0.29, 0.717) is 0 Å². The average Bonchev–Trinajstić information content (AvgIpc) is 2.16. The van der Waals surface area contributed by atoms with Crippen LogP contribution in [-0.4, -0.2) is 24.8 Å². The molecule has 0 unspecified atom stereocenters. The molecular formula is C13H21NO. The summed E-state index contributed by atoms with van der Waals surface area (Å²) in [5.41, 5.74) is 3.79. The summed E-state index contributed by atoms with van der Waals surface area (Å²) in [6, 6.07) is 6.53. The van der Waals surface area contributed by atoms with Gasteiger partial charge in [0.1, 0.15) is 0 Å². The molecule has 0 radical (unpaired) electrons. The zero-order valence-electron chi connectivity index (χ0n) is 9.95. The van der Waals surface area contributed by atoms with E-state index in [9.17, 15) is 0 Å². The molecule has 2 heteroatoms. The van der Waals surface area contributed by atoms with Gasteiger partial charge in [0.05, 0.1) is 6.61 Å². The third kappa shape index (κ3) is 3.56. The van der Waals surface area contributed by atoms with Crippen LogP contribution in [-0.2, 0) is 0 Å². The van der Waals surface area contributed by atoms with Crippen molar-refractivity contribution in [3.8, 4) is 0 Å². The van der Waals surface area contributed by atoms with Gasteiger partial charge >= 0.3 is 0 Å². The molecule has 0 aromatic heterocycles. The van der Waals surface area contributed by atoms with Crippen molar-refractivity contribution < 1.29 is 5.11 Å². The van der Waals surface area contributed by atoms with E-state index in [1.165, 1.54) is 16.8 Å². The number of hydrogen-bond donors (Lipinski definition) is 1. The van der Waals surface area contributed by atoms with Gasteiger partial charge in [0.25, 0.3) is 0 Å². The zero-order valence-corrected chi connectivity index (χ0v) is 9.95. The molecule has 0 bridgehead atoms. The Kier molecular flexibility index (Phi) is 4.63. The van der Waals surface area contributed by atoms with Crippen molar-refractivity contribution >= 4 is 5.69 Å². The Morgan fingerprint density at radius 2 is 1.67 bits per heavy atom. The smallest absolute Gasteiger partial charge is 0.0606 e. The topological polar surface area (TPSA) is 23.5 Å². The van der Waals surface area contributed by atoms with Gasteiger partial charge in [0.15, 0.2) is 0 Å². The van der Waals surface area contributed by atoms with E-state index in [2.05, 4.69) is 43.9 Å². The largest absolute Gasteiger partial charge is 0.395 e. The summed E-state index contributed by atoms with van der Waals surface area (Å²) in [4.78, 5) is 2.24. The lowest BCUT2D eigenvalue weighted by Gasteiger charge is -2.24. The van der Waals surface area contributed by atoms with E-state index in [-0.39, 0.29) is 6.61 Å². The average molecular weight is 207 g/mol. The first kappa shape index (κ1) is 12.1. The molecule has 0 saturated carbocycles.